The first-order valence-corrected chi connectivity index (χ1v) is 9.71. The standard InChI is InChI=1S/C23H16N4O6/c28-21(13-26-14-24-20-10-2-1-9-19(20)22(26)29)25-16-6-4-8-18(12-16)33-23(30)15-5-3-7-17(11-15)27(31)32/h1-12,14H,13H2,(H,25,28). The van der Waals surface area contributed by atoms with Gasteiger partial charge in [0.05, 0.1) is 27.7 Å². The van der Waals surface area contributed by atoms with Gasteiger partial charge in [-0.15, -0.1) is 0 Å². The van der Waals surface area contributed by atoms with Crippen LogP contribution >= 0.6 is 0 Å². The van der Waals surface area contributed by atoms with Crippen molar-refractivity contribution in [3.8, 4) is 5.75 Å². The Morgan fingerprint density at radius 3 is 2.64 bits per heavy atom. The van der Waals surface area contributed by atoms with E-state index in [0.717, 1.165) is 6.07 Å². The number of nitro groups is 1. The molecule has 3 aromatic carbocycles. The van der Waals surface area contributed by atoms with Gasteiger partial charge in [-0.3, -0.25) is 24.3 Å². The van der Waals surface area contributed by atoms with Crippen molar-refractivity contribution in [2.24, 2.45) is 0 Å². The molecule has 0 saturated heterocycles. The first kappa shape index (κ1) is 21.4. The number of nitro benzene ring substituents is 1. The van der Waals surface area contributed by atoms with E-state index in [1.165, 1.54) is 41.2 Å². The highest BCUT2D eigenvalue weighted by Gasteiger charge is 2.14. The fourth-order valence-corrected chi connectivity index (χ4v) is 3.12. The smallest absolute Gasteiger partial charge is 0.343 e. The second kappa shape index (κ2) is 9.10. The third kappa shape index (κ3) is 4.90. The van der Waals surface area contributed by atoms with Crippen molar-refractivity contribution in [1.29, 1.82) is 0 Å². The van der Waals surface area contributed by atoms with Crippen molar-refractivity contribution in [3.63, 3.8) is 0 Å². The lowest BCUT2D eigenvalue weighted by Gasteiger charge is -2.10. The average molecular weight is 444 g/mol. The number of nitrogens with zero attached hydrogens (tertiary/aromatic N) is 3. The molecule has 0 aliphatic heterocycles. The molecule has 4 rings (SSSR count). The van der Waals surface area contributed by atoms with Crippen LogP contribution in [-0.2, 0) is 11.3 Å². The number of para-hydroxylation sites is 1. The van der Waals surface area contributed by atoms with Crippen molar-refractivity contribution in [2.45, 2.75) is 6.54 Å². The van der Waals surface area contributed by atoms with Gasteiger partial charge >= 0.3 is 5.97 Å². The van der Waals surface area contributed by atoms with E-state index in [2.05, 4.69) is 10.3 Å². The zero-order valence-corrected chi connectivity index (χ0v) is 17.0. The minimum absolute atomic E-state index is 0.0156. The third-order valence-electron chi connectivity index (χ3n) is 4.67. The van der Waals surface area contributed by atoms with E-state index in [1.807, 2.05) is 0 Å². The number of esters is 1. The van der Waals surface area contributed by atoms with Crippen molar-refractivity contribution in [3.05, 3.63) is 105 Å². The third-order valence-corrected chi connectivity index (χ3v) is 4.67. The lowest BCUT2D eigenvalue weighted by atomic mass is 10.2. The molecule has 0 saturated carbocycles. The summed E-state index contributed by atoms with van der Waals surface area (Å²) < 4.78 is 6.46. The molecule has 0 bridgehead atoms. The van der Waals surface area contributed by atoms with Crippen molar-refractivity contribution in [2.75, 3.05) is 5.32 Å². The van der Waals surface area contributed by atoms with Gasteiger partial charge in [0.2, 0.25) is 5.91 Å². The summed E-state index contributed by atoms with van der Waals surface area (Å²) in [6.07, 6.45) is 1.31. The molecule has 0 aliphatic rings. The number of hydrogen-bond acceptors (Lipinski definition) is 7. The van der Waals surface area contributed by atoms with Gasteiger partial charge in [-0.05, 0) is 30.3 Å². The molecule has 1 aromatic heterocycles. The molecule has 1 heterocycles. The molecule has 0 spiro atoms. The topological polar surface area (TPSA) is 133 Å². The van der Waals surface area contributed by atoms with E-state index >= 15 is 0 Å². The van der Waals surface area contributed by atoms with Crippen LogP contribution in [0.5, 0.6) is 5.75 Å². The van der Waals surface area contributed by atoms with Gasteiger partial charge < -0.3 is 10.1 Å². The zero-order chi connectivity index (χ0) is 23.4. The number of rotatable bonds is 6. The van der Waals surface area contributed by atoms with Crippen molar-refractivity contribution in [1.82, 2.24) is 9.55 Å². The van der Waals surface area contributed by atoms with Gasteiger partial charge in [-0.25, -0.2) is 9.78 Å². The van der Waals surface area contributed by atoms with Gasteiger partial charge in [0.1, 0.15) is 12.3 Å². The number of carbonyl (C=O) groups is 2. The van der Waals surface area contributed by atoms with Gasteiger partial charge in [-0.1, -0.05) is 24.3 Å². The lowest BCUT2D eigenvalue weighted by Crippen LogP contribution is -2.27. The van der Waals surface area contributed by atoms with Crippen molar-refractivity contribution < 1.29 is 19.2 Å². The number of non-ortho nitro benzene ring substituents is 1. The Bertz CT molecular complexity index is 1450. The fraction of sp³-hybridized carbons (Fsp3) is 0.0435. The van der Waals surface area contributed by atoms with Crippen LogP contribution in [0.25, 0.3) is 10.9 Å². The molecule has 33 heavy (non-hydrogen) atoms. The summed E-state index contributed by atoms with van der Waals surface area (Å²) in [5, 5.41) is 13.9. The first-order chi connectivity index (χ1) is 15.9. The number of hydrogen-bond donors (Lipinski definition) is 1. The second-order valence-electron chi connectivity index (χ2n) is 6.97. The Morgan fingerprint density at radius 1 is 1.03 bits per heavy atom. The van der Waals surface area contributed by atoms with Gasteiger partial charge in [-0.2, -0.15) is 0 Å². The molecule has 0 fully saturated rings. The Hall–Kier alpha value is -4.86. The van der Waals surface area contributed by atoms with Crippen LogP contribution in [0, 0.1) is 10.1 Å². The van der Waals surface area contributed by atoms with E-state index in [0.29, 0.717) is 16.6 Å². The summed E-state index contributed by atoms with van der Waals surface area (Å²) in [4.78, 5) is 51.8. The number of aromatic nitrogens is 2. The zero-order valence-electron chi connectivity index (χ0n) is 17.0. The molecule has 1 amide bonds. The Kier molecular flexibility index (Phi) is 5.90. The number of benzene rings is 3. The largest absolute Gasteiger partial charge is 0.423 e. The van der Waals surface area contributed by atoms with E-state index in [4.69, 9.17) is 4.74 Å². The quantitative estimate of drug-likeness (QED) is 0.209. The fourth-order valence-electron chi connectivity index (χ4n) is 3.12. The summed E-state index contributed by atoms with van der Waals surface area (Å²) in [7, 11) is 0. The van der Waals surface area contributed by atoms with Crippen LogP contribution in [0.1, 0.15) is 10.4 Å². The van der Waals surface area contributed by atoms with E-state index in [9.17, 15) is 24.5 Å². The average Bonchev–Trinajstić information content (AvgIpc) is 2.81. The summed E-state index contributed by atoms with van der Waals surface area (Å²) in [6.45, 7) is -0.256. The van der Waals surface area contributed by atoms with Crippen LogP contribution in [0.2, 0.25) is 0 Å². The molecule has 164 valence electrons. The minimum atomic E-state index is -0.782. The van der Waals surface area contributed by atoms with Crippen LogP contribution < -0.4 is 15.6 Å². The highest BCUT2D eigenvalue weighted by Crippen LogP contribution is 2.20. The Morgan fingerprint density at radius 2 is 1.82 bits per heavy atom. The van der Waals surface area contributed by atoms with Crippen LogP contribution in [-0.4, -0.2) is 26.4 Å². The Labute approximate surface area is 186 Å². The maximum Gasteiger partial charge on any atom is 0.343 e. The lowest BCUT2D eigenvalue weighted by molar-refractivity contribution is -0.384. The van der Waals surface area contributed by atoms with E-state index in [-0.39, 0.29) is 29.1 Å². The number of amides is 1. The summed E-state index contributed by atoms with van der Waals surface area (Å²) in [6, 6.07) is 18.1. The molecular weight excluding hydrogens is 428 g/mol. The highest BCUT2D eigenvalue weighted by atomic mass is 16.6. The highest BCUT2D eigenvalue weighted by molar-refractivity contribution is 5.93. The number of anilines is 1. The monoisotopic (exact) mass is 444 g/mol. The predicted molar refractivity (Wildman–Crippen MR) is 119 cm³/mol. The minimum Gasteiger partial charge on any atom is -0.423 e. The molecule has 10 heteroatoms. The number of fused-ring (bicyclic) bond motifs is 1. The SMILES string of the molecule is O=C(Cn1cnc2ccccc2c1=O)Nc1cccc(OC(=O)c2cccc([N+](=O)[O-])c2)c1. The normalized spacial score (nSPS) is 10.5. The summed E-state index contributed by atoms with van der Waals surface area (Å²) in [5.74, 6) is -1.12. The van der Waals surface area contributed by atoms with Gasteiger partial charge in [0.25, 0.3) is 11.2 Å². The molecule has 1 N–H and O–H groups in total. The molecule has 0 unspecified atom stereocenters. The van der Waals surface area contributed by atoms with E-state index < -0.39 is 16.8 Å². The molecule has 4 aromatic rings. The molecular formula is C23H16N4O6. The predicted octanol–water partition coefficient (Wildman–Crippen LogP) is 3.16. The Balaban J connectivity index is 1.45. The first-order valence-electron chi connectivity index (χ1n) is 9.71. The van der Waals surface area contributed by atoms with Crippen LogP contribution in [0.3, 0.4) is 0 Å². The number of carbonyl (C=O) groups excluding carboxylic acids is 2. The van der Waals surface area contributed by atoms with Gasteiger partial charge in [0, 0.05) is 23.9 Å². The maximum atomic E-state index is 12.5. The van der Waals surface area contributed by atoms with Crippen LogP contribution in [0.15, 0.2) is 83.9 Å². The maximum absolute atomic E-state index is 12.5. The summed E-state index contributed by atoms with van der Waals surface area (Å²) >= 11 is 0. The molecule has 0 radical (unpaired) electrons. The van der Waals surface area contributed by atoms with Crippen LogP contribution in [0.4, 0.5) is 11.4 Å². The van der Waals surface area contributed by atoms with Gasteiger partial charge in [0.15, 0.2) is 0 Å². The second-order valence-corrected chi connectivity index (χ2v) is 6.97. The molecule has 10 nitrogen and oxygen atoms in total. The van der Waals surface area contributed by atoms with Crippen molar-refractivity contribution >= 4 is 34.2 Å². The molecule has 0 aliphatic carbocycles. The number of ether oxygens (including phenoxy) is 1. The number of nitrogens with one attached hydrogen (secondary N) is 1. The molecule has 0 atom stereocenters. The summed E-state index contributed by atoms with van der Waals surface area (Å²) in [5.41, 5.74) is 0.324. The van der Waals surface area contributed by atoms with E-state index in [1.54, 1.807) is 36.4 Å².